The molecule has 4 rings (SSSR count). The Morgan fingerprint density at radius 2 is 1.58 bits per heavy atom. The monoisotopic (exact) mass is 438 g/mol. The summed E-state index contributed by atoms with van der Waals surface area (Å²) in [7, 11) is 0. The molecular weight excluding hydrogens is 411 g/mol. The summed E-state index contributed by atoms with van der Waals surface area (Å²) in [6.45, 7) is 3.55. The van der Waals surface area contributed by atoms with Crippen LogP contribution in [0.5, 0.6) is 5.75 Å². The van der Waals surface area contributed by atoms with E-state index in [9.17, 15) is 22.0 Å². The topological polar surface area (TPSA) is 9.23 Å². The summed E-state index contributed by atoms with van der Waals surface area (Å²) < 4.78 is 77.8. The Labute approximate surface area is 179 Å². The highest BCUT2D eigenvalue weighted by molar-refractivity contribution is 6.03. The lowest BCUT2D eigenvalue weighted by atomic mass is 9.78. The highest BCUT2D eigenvalue weighted by Gasteiger charge is 2.45. The fourth-order valence-electron chi connectivity index (χ4n) is 4.95. The van der Waals surface area contributed by atoms with Crippen molar-refractivity contribution in [2.75, 3.05) is 0 Å². The van der Waals surface area contributed by atoms with E-state index >= 15 is 0 Å². The van der Waals surface area contributed by atoms with Crippen LogP contribution in [0.3, 0.4) is 0 Å². The molecule has 0 aromatic heterocycles. The molecular formula is C25H27F5O. The molecule has 0 heterocycles. The Hall–Kier alpha value is -2.11. The van der Waals surface area contributed by atoms with Gasteiger partial charge >= 0.3 is 6.11 Å². The van der Waals surface area contributed by atoms with Gasteiger partial charge < -0.3 is 4.74 Å². The zero-order chi connectivity index (χ0) is 22.3. The van der Waals surface area contributed by atoms with Gasteiger partial charge in [-0.3, -0.25) is 0 Å². The zero-order valence-corrected chi connectivity index (χ0v) is 17.8. The van der Waals surface area contributed by atoms with Crippen LogP contribution in [0.4, 0.5) is 22.0 Å². The number of fused-ring (bicyclic) bond motifs is 4. The molecule has 0 unspecified atom stereocenters. The molecule has 6 heteroatoms. The van der Waals surface area contributed by atoms with Gasteiger partial charge in [-0.1, -0.05) is 32.6 Å². The molecule has 0 aliphatic heterocycles. The summed E-state index contributed by atoms with van der Waals surface area (Å²) in [6, 6.07) is 4.01. The molecule has 2 aliphatic rings. The molecule has 0 atom stereocenters. The van der Waals surface area contributed by atoms with E-state index in [-0.39, 0.29) is 16.7 Å². The second-order valence-electron chi connectivity index (χ2n) is 8.92. The van der Waals surface area contributed by atoms with E-state index in [0.29, 0.717) is 29.9 Å². The van der Waals surface area contributed by atoms with E-state index in [4.69, 9.17) is 4.74 Å². The van der Waals surface area contributed by atoms with E-state index in [0.717, 1.165) is 44.6 Å². The van der Waals surface area contributed by atoms with Gasteiger partial charge in [-0.05, 0) is 73.4 Å². The van der Waals surface area contributed by atoms with Gasteiger partial charge in [-0.25, -0.2) is 13.2 Å². The van der Waals surface area contributed by atoms with E-state index in [2.05, 4.69) is 6.92 Å². The average molecular weight is 438 g/mol. The number of hydrogen-bond donors (Lipinski definition) is 0. The molecule has 0 radical (unpaired) electrons. The first-order valence-corrected chi connectivity index (χ1v) is 11.1. The molecule has 0 saturated heterocycles. The first-order chi connectivity index (χ1) is 14.7. The Balaban J connectivity index is 1.48. The Bertz CT molecular complexity index is 977. The van der Waals surface area contributed by atoms with Crippen molar-refractivity contribution in [2.45, 2.75) is 71.3 Å². The lowest BCUT2D eigenvalue weighted by molar-refractivity contribution is -0.224. The van der Waals surface area contributed by atoms with Crippen LogP contribution < -0.4 is 4.74 Å². The maximum Gasteiger partial charge on any atom is 0.400 e. The average Bonchev–Trinajstić information content (AvgIpc) is 2.73. The predicted molar refractivity (Wildman–Crippen MR) is 111 cm³/mol. The van der Waals surface area contributed by atoms with Crippen LogP contribution in [0.25, 0.3) is 22.3 Å². The lowest BCUT2D eigenvalue weighted by Gasteiger charge is -2.34. The largest absolute Gasteiger partial charge is 0.429 e. The van der Waals surface area contributed by atoms with Gasteiger partial charge in [0.25, 0.3) is 0 Å². The molecule has 0 bridgehead atoms. The van der Waals surface area contributed by atoms with Gasteiger partial charge in [0.1, 0.15) is 0 Å². The normalized spacial score (nSPS) is 20.1. The van der Waals surface area contributed by atoms with Crippen molar-refractivity contribution < 1.29 is 26.7 Å². The van der Waals surface area contributed by atoms with Crippen molar-refractivity contribution in [2.24, 2.45) is 11.8 Å². The quantitative estimate of drug-likeness (QED) is 0.266. The third-order valence-corrected chi connectivity index (χ3v) is 6.82. The third kappa shape index (κ3) is 3.94. The van der Waals surface area contributed by atoms with Crippen molar-refractivity contribution in [3.05, 3.63) is 41.2 Å². The van der Waals surface area contributed by atoms with Crippen molar-refractivity contribution in [1.82, 2.24) is 0 Å². The Morgan fingerprint density at radius 1 is 0.903 bits per heavy atom. The lowest BCUT2D eigenvalue weighted by Crippen LogP contribution is -2.37. The summed E-state index contributed by atoms with van der Waals surface area (Å²) >= 11 is 0. The smallest absolute Gasteiger partial charge is 0.400 e. The van der Waals surface area contributed by atoms with Crippen LogP contribution in [0.2, 0.25) is 0 Å². The molecule has 2 aromatic rings. The predicted octanol–water partition coefficient (Wildman–Crippen LogP) is 8.42. The minimum absolute atomic E-state index is 0.111. The number of aryl methyl sites for hydroxylation is 1. The fourth-order valence-corrected chi connectivity index (χ4v) is 4.95. The van der Waals surface area contributed by atoms with E-state index in [1.54, 1.807) is 0 Å². The summed E-state index contributed by atoms with van der Waals surface area (Å²) in [5.74, 6) is -4.43. The van der Waals surface area contributed by atoms with Crippen LogP contribution in [0.1, 0.15) is 63.9 Å². The summed E-state index contributed by atoms with van der Waals surface area (Å²) in [6.07, 6.45) is 3.06. The SMILES string of the molecule is CCCCCC1CCC(C(F)(F)Oc2ccc3c(c2F)-c2c-3cc(C)c(F)c2F)CC1. The van der Waals surface area contributed by atoms with E-state index in [1.807, 2.05) is 0 Å². The molecule has 1 fully saturated rings. The maximum atomic E-state index is 15.0. The van der Waals surface area contributed by atoms with E-state index < -0.39 is 35.2 Å². The van der Waals surface area contributed by atoms with Gasteiger partial charge in [0, 0.05) is 11.1 Å². The summed E-state index contributed by atoms with van der Waals surface area (Å²) in [5, 5.41) is 0. The van der Waals surface area contributed by atoms with Crippen molar-refractivity contribution in [3.63, 3.8) is 0 Å². The zero-order valence-electron chi connectivity index (χ0n) is 17.8. The number of benzene rings is 2. The number of ether oxygens (including phenoxy) is 1. The van der Waals surface area contributed by atoms with E-state index in [1.165, 1.54) is 19.1 Å². The molecule has 168 valence electrons. The molecule has 0 spiro atoms. The van der Waals surface area contributed by atoms with Gasteiger partial charge in [0.2, 0.25) is 0 Å². The third-order valence-electron chi connectivity index (χ3n) is 6.82. The number of unbranched alkanes of at least 4 members (excludes halogenated alkanes) is 2. The minimum atomic E-state index is -3.52. The molecule has 0 N–H and O–H groups in total. The van der Waals surface area contributed by atoms with Crippen LogP contribution in [0, 0.1) is 36.2 Å². The molecule has 2 aromatic carbocycles. The second kappa shape index (κ2) is 8.44. The standard InChI is InChI=1S/C25H27F5O/c1-3-4-5-6-15-7-9-16(10-8-15)25(29,30)31-19-12-11-17-18-13-14(2)22(26)24(28)21(18)20(17)23(19)27/h11-13,15-16H,3-10H2,1-2H3. The maximum absolute atomic E-state index is 15.0. The first kappa shape index (κ1) is 22.1. The molecule has 31 heavy (non-hydrogen) atoms. The van der Waals surface area contributed by atoms with Crippen molar-refractivity contribution in [3.8, 4) is 28.0 Å². The van der Waals surface area contributed by atoms with Gasteiger partial charge in [-0.15, -0.1) is 0 Å². The van der Waals surface area contributed by atoms with Gasteiger partial charge in [0.05, 0.1) is 5.92 Å². The number of halogens is 5. The summed E-state index contributed by atoms with van der Waals surface area (Å²) in [4.78, 5) is 0. The molecule has 1 saturated carbocycles. The summed E-state index contributed by atoms with van der Waals surface area (Å²) in [5.41, 5.74) is 0.457. The molecule has 2 aliphatic carbocycles. The van der Waals surface area contributed by atoms with Gasteiger partial charge in [-0.2, -0.15) is 8.78 Å². The van der Waals surface area contributed by atoms with Crippen LogP contribution >= 0.6 is 0 Å². The number of alkyl halides is 2. The Morgan fingerprint density at radius 3 is 2.26 bits per heavy atom. The van der Waals surface area contributed by atoms with Crippen molar-refractivity contribution >= 4 is 0 Å². The molecule has 1 nitrogen and oxygen atoms in total. The first-order valence-electron chi connectivity index (χ1n) is 11.1. The number of rotatable bonds is 7. The Kier molecular flexibility index (Phi) is 6.01. The highest BCUT2D eigenvalue weighted by atomic mass is 19.3. The highest BCUT2D eigenvalue weighted by Crippen LogP contribution is 2.53. The molecule has 0 amide bonds. The van der Waals surface area contributed by atoms with Crippen LogP contribution in [0.15, 0.2) is 18.2 Å². The second-order valence-corrected chi connectivity index (χ2v) is 8.92. The van der Waals surface area contributed by atoms with Crippen LogP contribution in [-0.2, 0) is 0 Å². The number of hydrogen-bond acceptors (Lipinski definition) is 1. The van der Waals surface area contributed by atoms with Gasteiger partial charge in [0.15, 0.2) is 23.2 Å². The van der Waals surface area contributed by atoms with Crippen molar-refractivity contribution in [1.29, 1.82) is 0 Å². The minimum Gasteiger partial charge on any atom is -0.429 e. The fraction of sp³-hybridized carbons (Fsp3) is 0.520. The van der Waals surface area contributed by atoms with Crippen LogP contribution in [-0.4, -0.2) is 6.11 Å².